The largest absolute Gasteiger partial charge is 0.469 e. The van der Waals surface area contributed by atoms with E-state index in [2.05, 4.69) is 9.46 Å². The van der Waals surface area contributed by atoms with Crippen molar-refractivity contribution in [3.05, 3.63) is 32.8 Å². The van der Waals surface area contributed by atoms with E-state index in [0.29, 0.717) is 19.3 Å². The van der Waals surface area contributed by atoms with E-state index in [1.54, 1.807) is 0 Å². The van der Waals surface area contributed by atoms with Crippen molar-refractivity contribution in [3.63, 3.8) is 0 Å². The number of halogens is 1. The second-order valence-corrected chi connectivity index (χ2v) is 7.27. The van der Waals surface area contributed by atoms with Crippen LogP contribution in [0.4, 0.5) is 5.69 Å². The number of esters is 1. The van der Waals surface area contributed by atoms with Crippen LogP contribution in [0.25, 0.3) is 0 Å². The molecule has 0 aliphatic rings. The van der Waals surface area contributed by atoms with Crippen molar-refractivity contribution < 1.29 is 22.9 Å². The lowest BCUT2D eigenvalue weighted by molar-refractivity contribution is -0.385. The van der Waals surface area contributed by atoms with Crippen LogP contribution in [0.3, 0.4) is 0 Å². The maximum atomic E-state index is 12.2. The van der Waals surface area contributed by atoms with Crippen LogP contribution in [-0.4, -0.2) is 33.0 Å². The number of nitro benzene ring substituents is 1. The molecular formula is C14H19ClN2O6S. The average molecular weight is 379 g/mol. The molecule has 24 heavy (non-hydrogen) atoms. The SMILES string of the molecule is COC(=O)CCCCCNS(=O)(=O)c1cc(Cl)c(C)c([N+](=O)[O-])c1. The molecule has 0 atom stereocenters. The quantitative estimate of drug-likeness (QED) is 0.305. The van der Waals surface area contributed by atoms with Gasteiger partial charge in [-0.15, -0.1) is 0 Å². The number of hydrogen-bond acceptors (Lipinski definition) is 6. The van der Waals surface area contributed by atoms with Gasteiger partial charge in [0.15, 0.2) is 0 Å². The van der Waals surface area contributed by atoms with Gasteiger partial charge in [0, 0.05) is 24.6 Å². The summed E-state index contributed by atoms with van der Waals surface area (Å²) >= 11 is 5.87. The first kappa shape index (κ1) is 20.3. The predicted octanol–water partition coefficient (Wildman–Crippen LogP) is 2.57. The Hall–Kier alpha value is -1.71. The molecule has 1 aromatic carbocycles. The topological polar surface area (TPSA) is 116 Å². The molecule has 0 heterocycles. The molecule has 0 aliphatic heterocycles. The second kappa shape index (κ2) is 8.95. The van der Waals surface area contributed by atoms with Gasteiger partial charge in [-0.05, 0) is 25.8 Å². The Morgan fingerprint density at radius 2 is 2.00 bits per heavy atom. The van der Waals surface area contributed by atoms with Crippen molar-refractivity contribution in [1.29, 1.82) is 0 Å². The summed E-state index contributed by atoms with van der Waals surface area (Å²) in [4.78, 5) is 21.0. The molecule has 1 aromatic rings. The van der Waals surface area contributed by atoms with Crippen molar-refractivity contribution in [1.82, 2.24) is 4.72 Å². The van der Waals surface area contributed by atoms with Crippen LogP contribution in [0, 0.1) is 17.0 Å². The van der Waals surface area contributed by atoms with Crippen molar-refractivity contribution in [2.75, 3.05) is 13.7 Å². The van der Waals surface area contributed by atoms with Crippen molar-refractivity contribution in [2.45, 2.75) is 37.5 Å². The third kappa shape index (κ3) is 5.73. The van der Waals surface area contributed by atoms with Crippen LogP contribution >= 0.6 is 11.6 Å². The number of nitrogens with zero attached hydrogens (tertiary/aromatic N) is 1. The number of ether oxygens (including phenoxy) is 1. The Morgan fingerprint density at radius 3 is 2.58 bits per heavy atom. The van der Waals surface area contributed by atoms with Gasteiger partial charge in [-0.2, -0.15) is 0 Å². The molecule has 8 nitrogen and oxygen atoms in total. The minimum Gasteiger partial charge on any atom is -0.469 e. The predicted molar refractivity (Wildman–Crippen MR) is 88.5 cm³/mol. The van der Waals surface area contributed by atoms with Crippen molar-refractivity contribution in [3.8, 4) is 0 Å². The van der Waals surface area contributed by atoms with E-state index in [4.69, 9.17) is 11.6 Å². The van der Waals surface area contributed by atoms with Gasteiger partial charge in [-0.1, -0.05) is 18.0 Å². The fourth-order valence-electron chi connectivity index (χ4n) is 1.95. The minimum absolute atomic E-state index is 0.0163. The van der Waals surface area contributed by atoms with E-state index in [0.717, 1.165) is 6.07 Å². The maximum Gasteiger partial charge on any atom is 0.305 e. The molecule has 10 heteroatoms. The Balaban J connectivity index is 2.66. The number of unbranched alkanes of at least 4 members (excludes halogenated alkanes) is 2. The first-order chi connectivity index (χ1) is 11.2. The Kier molecular flexibility index (Phi) is 7.59. The number of nitro groups is 1. The van der Waals surface area contributed by atoms with Gasteiger partial charge in [0.05, 0.1) is 22.0 Å². The van der Waals surface area contributed by atoms with Crippen molar-refractivity contribution >= 4 is 33.3 Å². The van der Waals surface area contributed by atoms with E-state index in [1.165, 1.54) is 20.1 Å². The molecule has 0 unspecified atom stereocenters. The van der Waals surface area contributed by atoms with Gasteiger partial charge in [0.1, 0.15) is 0 Å². The Labute approximate surface area is 145 Å². The smallest absolute Gasteiger partial charge is 0.305 e. The average Bonchev–Trinajstić information content (AvgIpc) is 2.52. The molecule has 0 radical (unpaired) electrons. The van der Waals surface area contributed by atoms with Gasteiger partial charge in [-0.3, -0.25) is 14.9 Å². The summed E-state index contributed by atoms with van der Waals surface area (Å²) in [5.41, 5.74) is -0.135. The number of methoxy groups -OCH3 is 1. The van der Waals surface area contributed by atoms with Gasteiger partial charge < -0.3 is 4.74 Å². The number of sulfonamides is 1. The highest BCUT2D eigenvalue weighted by Crippen LogP contribution is 2.29. The molecule has 0 spiro atoms. The number of carbonyl (C=O) groups excluding carboxylic acids is 1. The lowest BCUT2D eigenvalue weighted by atomic mass is 10.2. The molecule has 0 aromatic heterocycles. The van der Waals surface area contributed by atoms with E-state index in [1.807, 2.05) is 0 Å². The number of benzene rings is 1. The lowest BCUT2D eigenvalue weighted by Crippen LogP contribution is -2.25. The zero-order valence-electron chi connectivity index (χ0n) is 13.4. The van der Waals surface area contributed by atoms with E-state index >= 15 is 0 Å². The molecule has 0 aliphatic carbocycles. The van der Waals surface area contributed by atoms with Crippen LogP contribution < -0.4 is 4.72 Å². The standard InChI is InChI=1S/C14H19ClN2O6S/c1-10-12(15)8-11(9-13(10)17(19)20)24(21,22)16-7-5-3-4-6-14(18)23-2/h8-9,16H,3-7H2,1-2H3. The third-order valence-corrected chi connectivity index (χ3v) is 5.21. The number of nitrogens with one attached hydrogen (secondary N) is 1. The summed E-state index contributed by atoms with van der Waals surface area (Å²) in [5, 5.41) is 11.0. The number of hydrogen-bond donors (Lipinski definition) is 1. The lowest BCUT2D eigenvalue weighted by Gasteiger charge is -2.08. The van der Waals surface area contributed by atoms with Crippen LogP contribution in [0.2, 0.25) is 5.02 Å². The molecule has 134 valence electrons. The van der Waals surface area contributed by atoms with Crippen LogP contribution in [0.1, 0.15) is 31.2 Å². The zero-order chi connectivity index (χ0) is 18.3. The van der Waals surface area contributed by atoms with Crippen LogP contribution in [0.5, 0.6) is 0 Å². The van der Waals surface area contributed by atoms with E-state index in [-0.39, 0.29) is 40.1 Å². The van der Waals surface area contributed by atoms with Crippen LogP contribution in [0.15, 0.2) is 17.0 Å². The minimum atomic E-state index is -3.89. The molecule has 0 fully saturated rings. The second-order valence-electron chi connectivity index (χ2n) is 5.09. The molecule has 0 saturated carbocycles. The first-order valence-electron chi connectivity index (χ1n) is 7.20. The number of rotatable bonds is 9. The summed E-state index contributed by atoms with van der Waals surface area (Å²) in [7, 11) is -2.59. The highest BCUT2D eigenvalue weighted by molar-refractivity contribution is 7.89. The molecule has 1 N–H and O–H groups in total. The Bertz CT molecular complexity index is 720. The summed E-state index contributed by atoms with van der Waals surface area (Å²) < 4.78 is 31.2. The van der Waals surface area contributed by atoms with Crippen molar-refractivity contribution in [2.24, 2.45) is 0 Å². The number of carbonyl (C=O) groups is 1. The van der Waals surface area contributed by atoms with Gasteiger partial charge >= 0.3 is 5.97 Å². The molecule has 0 saturated heterocycles. The summed E-state index contributed by atoms with van der Waals surface area (Å²) in [5.74, 6) is -0.308. The molecule has 0 amide bonds. The molecule has 0 bridgehead atoms. The van der Waals surface area contributed by atoms with Gasteiger partial charge in [-0.25, -0.2) is 13.1 Å². The van der Waals surface area contributed by atoms with E-state index in [9.17, 15) is 23.3 Å². The van der Waals surface area contributed by atoms with Crippen LogP contribution in [-0.2, 0) is 19.6 Å². The zero-order valence-corrected chi connectivity index (χ0v) is 14.9. The summed E-state index contributed by atoms with van der Waals surface area (Å²) in [6, 6.07) is 2.17. The Morgan fingerprint density at radius 1 is 1.33 bits per heavy atom. The summed E-state index contributed by atoms with van der Waals surface area (Å²) in [6.45, 7) is 1.61. The van der Waals surface area contributed by atoms with Gasteiger partial charge in [0.2, 0.25) is 10.0 Å². The fraction of sp³-hybridized carbons (Fsp3) is 0.500. The molecular weight excluding hydrogens is 360 g/mol. The highest BCUT2D eigenvalue weighted by atomic mass is 35.5. The monoisotopic (exact) mass is 378 g/mol. The molecule has 1 rings (SSSR count). The first-order valence-corrected chi connectivity index (χ1v) is 9.06. The van der Waals surface area contributed by atoms with E-state index < -0.39 is 14.9 Å². The maximum absolute atomic E-state index is 12.2. The highest BCUT2D eigenvalue weighted by Gasteiger charge is 2.22. The fourth-order valence-corrected chi connectivity index (χ4v) is 3.35. The third-order valence-electron chi connectivity index (χ3n) is 3.37. The van der Waals surface area contributed by atoms with Gasteiger partial charge in [0.25, 0.3) is 5.69 Å². The normalized spacial score (nSPS) is 11.3. The summed E-state index contributed by atoms with van der Waals surface area (Å²) in [6.07, 6.45) is 2.05.